The summed E-state index contributed by atoms with van der Waals surface area (Å²) in [6.45, 7) is 0. The molecule has 0 atom stereocenters. The normalized spacial score (nSPS) is 14.2. The van der Waals surface area contributed by atoms with Crippen molar-refractivity contribution in [2.24, 2.45) is 0 Å². The van der Waals surface area contributed by atoms with Gasteiger partial charge in [0.1, 0.15) is 5.75 Å². The average Bonchev–Trinajstić information content (AvgIpc) is 3.24. The van der Waals surface area contributed by atoms with Crippen molar-refractivity contribution in [2.45, 2.75) is 18.9 Å². The maximum absolute atomic E-state index is 11.0. The molecule has 1 aliphatic carbocycles. The number of carbonyl (C=O) groups excluding carboxylic acids is 1. The summed E-state index contributed by atoms with van der Waals surface area (Å²) in [5, 5.41) is 0. The van der Waals surface area contributed by atoms with Crippen LogP contribution in [0.4, 0.5) is 0 Å². The lowest BCUT2D eigenvalue weighted by Gasteiger charge is -2.07. The highest BCUT2D eigenvalue weighted by atomic mass is 16.5. The first-order valence-corrected chi connectivity index (χ1v) is 6.18. The van der Waals surface area contributed by atoms with Crippen LogP contribution < -0.4 is 4.74 Å². The molecule has 0 saturated heterocycles. The fraction of sp³-hybridized carbons (Fsp3) is 0.188. The van der Waals surface area contributed by atoms with Crippen molar-refractivity contribution in [3.63, 3.8) is 0 Å². The molecule has 2 heteroatoms. The van der Waals surface area contributed by atoms with Crippen LogP contribution in [0.5, 0.6) is 5.75 Å². The Morgan fingerprint density at radius 2 is 1.72 bits per heavy atom. The molecule has 18 heavy (non-hydrogen) atoms. The summed E-state index contributed by atoms with van der Waals surface area (Å²) in [5.41, 5.74) is 2.72. The van der Waals surface area contributed by atoms with Gasteiger partial charge in [-0.05, 0) is 36.1 Å². The summed E-state index contributed by atoms with van der Waals surface area (Å²) >= 11 is 0. The number of carbonyl (C=O) groups is 1. The molecule has 2 aromatic rings. The Morgan fingerprint density at radius 3 is 2.39 bits per heavy atom. The maximum atomic E-state index is 11.0. The van der Waals surface area contributed by atoms with Gasteiger partial charge >= 0.3 is 0 Å². The van der Waals surface area contributed by atoms with E-state index < -0.39 is 0 Å². The molecule has 0 N–H and O–H groups in total. The van der Waals surface area contributed by atoms with Gasteiger partial charge in [-0.3, -0.25) is 4.79 Å². The van der Waals surface area contributed by atoms with Crippen LogP contribution >= 0.6 is 0 Å². The van der Waals surface area contributed by atoms with Gasteiger partial charge in [0.25, 0.3) is 0 Å². The summed E-state index contributed by atoms with van der Waals surface area (Å²) < 4.78 is 5.70. The van der Waals surface area contributed by atoms with Gasteiger partial charge in [0.05, 0.1) is 6.10 Å². The minimum Gasteiger partial charge on any atom is -0.490 e. The number of aldehydes is 1. The molecule has 2 aromatic carbocycles. The molecule has 0 amide bonds. The number of hydrogen-bond donors (Lipinski definition) is 0. The van der Waals surface area contributed by atoms with Crippen molar-refractivity contribution in [3.8, 4) is 16.9 Å². The van der Waals surface area contributed by atoms with Crippen LogP contribution in [0.1, 0.15) is 23.2 Å². The highest BCUT2D eigenvalue weighted by molar-refractivity contribution is 5.87. The first-order valence-electron chi connectivity index (χ1n) is 6.18. The molecule has 1 saturated carbocycles. The fourth-order valence-corrected chi connectivity index (χ4v) is 1.95. The van der Waals surface area contributed by atoms with Gasteiger partial charge in [0.15, 0.2) is 6.29 Å². The van der Waals surface area contributed by atoms with Crippen molar-refractivity contribution in [3.05, 3.63) is 54.1 Å². The summed E-state index contributed by atoms with van der Waals surface area (Å²) in [5.74, 6) is 0.907. The van der Waals surface area contributed by atoms with Gasteiger partial charge in [-0.15, -0.1) is 0 Å². The lowest BCUT2D eigenvalue weighted by atomic mass is 10.0. The van der Waals surface area contributed by atoms with E-state index in [1.54, 1.807) is 0 Å². The lowest BCUT2D eigenvalue weighted by molar-refractivity contribution is 0.112. The van der Waals surface area contributed by atoms with Crippen LogP contribution in [0.2, 0.25) is 0 Å². The third-order valence-electron chi connectivity index (χ3n) is 3.08. The van der Waals surface area contributed by atoms with Gasteiger partial charge < -0.3 is 4.74 Å². The van der Waals surface area contributed by atoms with Crippen LogP contribution in [0.3, 0.4) is 0 Å². The molecule has 2 nitrogen and oxygen atoms in total. The molecule has 1 aliphatic rings. The van der Waals surface area contributed by atoms with Crippen molar-refractivity contribution in [1.29, 1.82) is 0 Å². The first-order chi connectivity index (χ1) is 8.86. The Hall–Kier alpha value is -2.09. The van der Waals surface area contributed by atoms with Crippen LogP contribution in [0.25, 0.3) is 11.1 Å². The first kappa shape index (κ1) is 11.0. The van der Waals surface area contributed by atoms with Crippen molar-refractivity contribution in [2.75, 3.05) is 0 Å². The number of benzene rings is 2. The summed E-state index contributed by atoms with van der Waals surface area (Å²) in [4.78, 5) is 11.0. The summed E-state index contributed by atoms with van der Waals surface area (Å²) in [6.07, 6.45) is 3.63. The number of ether oxygens (including phenoxy) is 1. The van der Waals surface area contributed by atoms with E-state index in [0.29, 0.717) is 11.7 Å². The molecule has 0 spiro atoms. The zero-order chi connectivity index (χ0) is 12.4. The van der Waals surface area contributed by atoms with Crippen LogP contribution in [-0.2, 0) is 0 Å². The van der Waals surface area contributed by atoms with E-state index in [1.165, 1.54) is 0 Å². The Labute approximate surface area is 106 Å². The van der Waals surface area contributed by atoms with E-state index in [1.807, 2.05) is 48.5 Å². The van der Waals surface area contributed by atoms with Crippen LogP contribution in [0.15, 0.2) is 48.5 Å². The van der Waals surface area contributed by atoms with E-state index in [2.05, 4.69) is 0 Å². The van der Waals surface area contributed by atoms with Gasteiger partial charge in [0, 0.05) is 5.56 Å². The van der Waals surface area contributed by atoms with E-state index in [9.17, 15) is 4.79 Å². The highest BCUT2D eigenvalue weighted by Gasteiger charge is 2.23. The molecule has 1 fully saturated rings. The number of rotatable bonds is 4. The second kappa shape index (κ2) is 4.65. The molecular weight excluding hydrogens is 224 g/mol. The van der Waals surface area contributed by atoms with Gasteiger partial charge in [-0.25, -0.2) is 0 Å². The zero-order valence-corrected chi connectivity index (χ0v) is 10.0. The zero-order valence-electron chi connectivity index (χ0n) is 10.0. The second-order valence-electron chi connectivity index (χ2n) is 4.55. The highest BCUT2D eigenvalue weighted by Crippen LogP contribution is 2.29. The summed E-state index contributed by atoms with van der Waals surface area (Å²) in [6, 6.07) is 15.5. The summed E-state index contributed by atoms with van der Waals surface area (Å²) in [7, 11) is 0. The molecular formula is C16H14O2. The monoisotopic (exact) mass is 238 g/mol. The van der Waals surface area contributed by atoms with Crippen LogP contribution in [0, 0.1) is 0 Å². The quantitative estimate of drug-likeness (QED) is 0.759. The van der Waals surface area contributed by atoms with Gasteiger partial charge in [-0.1, -0.05) is 36.4 Å². The molecule has 0 unspecified atom stereocenters. The van der Waals surface area contributed by atoms with E-state index >= 15 is 0 Å². The van der Waals surface area contributed by atoms with E-state index in [-0.39, 0.29) is 0 Å². The van der Waals surface area contributed by atoms with Gasteiger partial charge in [-0.2, -0.15) is 0 Å². The Morgan fingerprint density at radius 1 is 1.00 bits per heavy atom. The van der Waals surface area contributed by atoms with Crippen molar-refractivity contribution in [1.82, 2.24) is 0 Å². The van der Waals surface area contributed by atoms with E-state index in [0.717, 1.165) is 36.0 Å². The molecule has 0 aliphatic heterocycles. The molecule has 0 radical (unpaired) electrons. The third kappa shape index (κ3) is 2.28. The van der Waals surface area contributed by atoms with Crippen molar-refractivity contribution < 1.29 is 9.53 Å². The average molecular weight is 238 g/mol. The third-order valence-corrected chi connectivity index (χ3v) is 3.08. The smallest absolute Gasteiger partial charge is 0.150 e. The minimum atomic E-state index is 0.415. The molecule has 3 rings (SSSR count). The SMILES string of the molecule is O=Cc1ccccc1-c1ccc(OC2CC2)cc1. The Bertz CT molecular complexity index is 554. The van der Waals surface area contributed by atoms with Crippen molar-refractivity contribution >= 4 is 6.29 Å². The predicted octanol–water partition coefficient (Wildman–Crippen LogP) is 3.71. The van der Waals surface area contributed by atoms with Gasteiger partial charge in [0.2, 0.25) is 0 Å². The Balaban J connectivity index is 1.88. The number of hydrogen-bond acceptors (Lipinski definition) is 2. The molecule has 0 aromatic heterocycles. The van der Waals surface area contributed by atoms with E-state index in [4.69, 9.17) is 4.74 Å². The predicted molar refractivity (Wildman–Crippen MR) is 70.9 cm³/mol. The largest absolute Gasteiger partial charge is 0.490 e. The topological polar surface area (TPSA) is 26.3 Å². The Kier molecular flexibility index (Phi) is 2.85. The molecule has 0 bridgehead atoms. The maximum Gasteiger partial charge on any atom is 0.150 e. The second-order valence-corrected chi connectivity index (χ2v) is 4.55. The lowest BCUT2D eigenvalue weighted by Crippen LogP contribution is -1.95. The fourth-order valence-electron chi connectivity index (χ4n) is 1.95. The standard InChI is InChI=1S/C16H14O2/c17-11-13-3-1-2-4-16(13)12-5-7-14(8-6-12)18-15-9-10-15/h1-8,11,15H,9-10H2. The molecule has 0 heterocycles. The molecule has 90 valence electrons. The van der Waals surface area contributed by atoms with Crippen LogP contribution in [-0.4, -0.2) is 12.4 Å². The minimum absolute atomic E-state index is 0.415.